The van der Waals surface area contributed by atoms with Crippen molar-refractivity contribution >= 4 is 23.8 Å². The predicted molar refractivity (Wildman–Crippen MR) is 129 cm³/mol. The second-order valence-corrected chi connectivity index (χ2v) is 8.26. The van der Waals surface area contributed by atoms with Crippen LogP contribution in [0, 0.1) is 25.2 Å². The number of nitriles is 1. The quantitative estimate of drug-likeness (QED) is 0.539. The van der Waals surface area contributed by atoms with Crippen molar-refractivity contribution in [3.63, 3.8) is 0 Å². The van der Waals surface area contributed by atoms with Crippen LogP contribution in [-0.4, -0.2) is 36.8 Å². The van der Waals surface area contributed by atoms with Gasteiger partial charge in [-0.3, -0.25) is 4.79 Å². The number of methoxy groups -OCH3 is 1. The maximum absolute atomic E-state index is 12.6. The molecule has 0 aliphatic heterocycles. The van der Waals surface area contributed by atoms with E-state index in [2.05, 4.69) is 11.4 Å². The third-order valence-electron chi connectivity index (χ3n) is 6.07. The van der Waals surface area contributed by atoms with Crippen molar-refractivity contribution in [3.05, 3.63) is 46.7 Å². The zero-order valence-electron chi connectivity index (χ0n) is 20.1. The van der Waals surface area contributed by atoms with Crippen LogP contribution in [0.25, 0.3) is 6.08 Å². The number of esters is 1. The number of ether oxygens (including phenoxy) is 3. The van der Waals surface area contributed by atoms with Crippen molar-refractivity contribution in [3.8, 4) is 17.6 Å². The highest BCUT2D eigenvalue weighted by Crippen LogP contribution is 2.37. The summed E-state index contributed by atoms with van der Waals surface area (Å²) in [5, 5.41) is 12.4. The second-order valence-electron chi connectivity index (χ2n) is 8.26. The van der Waals surface area contributed by atoms with E-state index in [1.165, 1.54) is 7.11 Å². The summed E-state index contributed by atoms with van der Waals surface area (Å²) in [5.74, 6) is 0.177. The highest BCUT2D eigenvalue weighted by atomic mass is 16.6. The Hall–Kier alpha value is -3.73. The SMILES string of the molecule is CC=Cc1ccc(OCC(=O)OCC(=O)Nc2c(C#N)c(C)c(C)n2C2CCCC2)c(OC)c1. The minimum absolute atomic E-state index is 0.251. The summed E-state index contributed by atoms with van der Waals surface area (Å²) in [5.41, 5.74) is 3.21. The standard InChI is InChI=1S/C26H31N3O5/c1-5-8-19-11-12-22(23(13-19)32-4)33-16-25(31)34-15-24(30)28-26-21(14-27)17(2)18(3)29(26)20-9-6-7-10-20/h5,8,11-13,20H,6-7,9-10,15-16H2,1-4H3,(H,28,30). The lowest BCUT2D eigenvalue weighted by Crippen LogP contribution is -2.25. The maximum Gasteiger partial charge on any atom is 0.344 e. The molecule has 1 aliphatic carbocycles. The lowest BCUT2D eigenvalue weighted by molar-refractivity contribution is -0.149. The summed E-state index contributed by atoms with van der Waals surface area (Å²) in [7, 11) is 1.52. The molecule has 1 heterocycles. The molecule has 0 atom stereocenters. The van der Waals surface area contributed by atoms with Gasteiger partial charge in [0.25, 0.3) is 5.91 Å². The van der Waals surface area contributed by atoms with Crippen LogP contribution in [0.3, 0.4) is 0 Å². The van der Waals surface area contributed by atoms with Gasteiger partial charge in [0.1, 0.15) is 11.9 Å². The molecule has 0 radical (unpaired) electrons. The summed E-state index contributed by atoms with van der Waals surface area (Å²) in [6, 6.07) is 7.80. The van der Waals surface area contributed by atoms with Gasteiger partial charge in [-0.2, -0.15) is 5.26 Å². The summed E-state index contributed by atoms with van der Waals surface area (Å²) in [6.07, 6.45) is 8.09. The van der Waals surface area contributed by atoms with Crippen molar-refractivity contribution < 1.29 is 23.8 Å². The predicted octanol–water partition coefficient (Wildman–Crippen LogP) is 4.69. The molecule has 34 heavy (non-hydrogen) atoms. The molecule has 1 saturated carbocycles. The van der Waals surface area contributed by atoms with E-state index < -0.39 is 18.5 Å². The van der Waals surface area contributed by atoms with Crippen molar-refractivity contribution in [2.45, 2.75) is 52.5 Å². The first-order chi connectivity index (χ1) is 16.4. The van der Waals surface area contributed by atoms with E-state index in [1.807, 2.05) is 43.6 Å². The summed E-state index contributed by atoms with van der Waals surface area (Å²) in [4.78, 5) is 24.7. The Bertz CT molecular complexity index is 1120. The number of nitrogens with one attached hydrogen (secondary N) is 1. The maximum atomic E-state index is 12.6. The number of rotatable bonds is 9. The van der Waals surface area contributed by atoms with Gasteiger partial charge in [0.2, 0.25) is 0 Å². The van der Waals surface area contributed by atoms with E-state index in [0.717, 1.165) is 42.5 Å². The average molecular weight is 466 g/mol. The first kappa shape index (κ1) is 24.9. The fourth-order valence-electron chi connectivity index (χ4n) is 4.30. The number of hydrogen-bond acceptors (Lipinski definition) is 6. The smallest absolute Gasteiger partial charge is 0.344 e. The molecular formula is C26H31N3O5. The van der Waals surface area contributed by atoms with Gasteiger partial charge in [-0.15, -0.1) is 0 Å². The Morgan fingerprint density at radius 1 is 1.21 bits per heavy atom. The molecule has 0 saturated heterocycles. The van der Waals surface area contributed by atoms with Crippen LogP contribution in [0.4, 0.5) is 5.82 Å². The molecule has 8 heteroatoms. The number of nitrogens with zero attached hydrogens (tertiary/aromatic N) is 2. The van der Waals surface area contributed by atoms with E-state index in [-0.39, 0.29) is 12.6 Å². The first-order valence-corrected chi connectivity index (χ1v) is 11.4. The Balaban J connectivity index is 1.59. The number of benzene rings is 1. The van der Waals surface area contributed by atoms with Crippen molar-refractivity contribution in [1.29, 1.82) is 5.26 Å². The van der Waals surface area contributed by atoms with Crippen molar-refractivity contribution in [2.75, 3.05) is 25.6 Å². The molecule has 1 fully saturated rings. The Kier molecular flexibility index (Phi) is 8.36. The molecule has 1 aliphatic rings. The van der Waals surface area contributed by atoms with Crippen LogP contribution < -0.4 is 14.8 Å². The van der Waals surface area contributed by atoms with Crippen LogP contribution in [0.5, 0.6) is 11.5 Å². The van der Waals surface area contributed by atoms with E-state index in [9.17, 15) is 14.9 Å². The number of carbonyl (C=O) groups excluding carboxylic acids is 2. The normalized spacial score (nSPS) is 13.6. The van der Waals surface area contributed by atoms with E-state index in [0.29, 0.717) is 22.9 Å². The lowest BCUT2D eigenvalue weighted by atomic mass is 10.2. The third-order valence-corrected chi connectivity index (χ3v) is 6.07. The molecule has 1 aromatic heterocycles. The lowest BCUT2D eigenvalue weighted by Gasteiger charge is -2.19. The highest BCUT2D eigenvalue weighted by molar-refractivity contribution is 5.93. The highest BCUT2D eigenvalue weighted by Gasteiger charge is 2.27. The molecule has 1 aromatic carbocycles. The molecule has 8 nitrogen and oxygen atoms in total. The number of anilines is 1. The van der Waals surface area contributed by atoms with E-state index >= 15 is 0 Å². The van der Waals surface area contributed by atoms with Gasteiger partial charge >= 0.3 is 5.97 Å². The van der Waals surface area contributed by atoms with Crippen LogP contribution in [0.1, 0.15) is 61.0 Å². The van der Waals surface area contributed by atoms with Gasteiger partial charge in [-0.05, 0) is 56.9 Å². The summed E-state index contributed by atoms with van der Waals surface area (Å²) >= 11 is 0. The number of carbonyl (C=O) groups is 2. The topological polar surface area (TPSA) is 103 Å². The van der Waals surface area contributed by atoms with Gasteiger partial charge in [0.05, 0.1) is 12.7 Å². The van der Waals surface area contributed by atoms with Crippen molar-refractivity contribution in [2.24, 2.45) is 0 Å². The van der Waals surface area contributed by atoms with Gasteiger partial charge < -0.3 is 24.1 Å². The Labute approximate surface area is 200 Å². The van der Waals surface area contributed by atoms with Crippen LogP contribution in [-0.2, 0) is 14.3 Å². The molecular weight excluding hydrogens is 434 g/mol. The molecule has 0 spiro atoms. The molecule has 2 aromatic rings. The molecule has 0 unspecified atom stereocenters. The van der Waals surface area contributed by atoms with Gasteiger partial charge in [0, 0.05) is 11.7 Å². The number of hydrogen-bond donors (Lipinski definition) is 1. The molecule has 1 amide bonds. The fraction of sp³-hybridized carbons (Fsp3) is 0.423. The van der Waals surface area contributed by atoms with Crippen LogP contribution in [0.2, 0.25) is 0 Å². The zero-order chi connectivity index (χ0) is 24.7. The average Bonchev–Trinajstić information content (AvgIpc) is 3.43. The summed E-state index contributed by atoms with van der Waals surface area (Å²) in [6.45, 7) is 4.91. The molecule has 180 valence electrons. The number of aromatic nitrogens is 1. The monoisotopic (exact) mass is 465 g/mol. The fourth-order valence-corrected chi connectivity index (χ4v) is 4.30. The van der Waals surface area contributed by atoms with E-state index in [1.54, 1.807) is 12.1 Å². The minimum atomic E-state index is -0.686. The Morgan fingerprint density at radius 3 is 2.59 bits per heavy atom. The molecule has 3 rings (SSSR count). The zero-order valence-corrected chi connectivity index (χ0v) is 20.1. The first-order valence-electron chi connectivity index (χ1n) is 11.4. The largest absolute Gasteiger partial charge is 0.493 e. The summed E-state index contributed by atoms with van der Waals surface area (Å²) < 4.78 is 18.0. The second kappa shape index (κ2) is 11.4. The van der Waals surface area contributed by atoms with Crippen LogP contribution >= 0.6 is 0 Å². The third kappa shape index (κ3) is 5.60. The van der Waals surface area contributed by atoms with Gasteiger partial charge in [0.15, 0.2) is 24.7 Å². The Morgan fingerprint density at radius 2 is 1.94 bits per heavy atom. The van der Waals surface area contributed by atoms with Gasteiger partial charge in [-0.1, -0.05) is 31.1 Å². The number of allylic oxidation sites excluding steroid dienone is 1. The van der Waals surface area contributed by atoms with Gasteiger partial charge in [-0.25, -0.2) is 4.79 Å². The van der Waals surface area contributed by atoms with Crippen molar-refractivity contribution in [1.82, 2.24) is 4.57 Å². The van der Waals surface area contributed by atoms with Crippen LogP contribution in [0.15, 0.2) is 24.3 Å². The molecule has 0 bridgehead atoms. The number of amides is 1. The molecule has 1 N–H and O–H groups in total. The minimum Gasteiger partial charge on any atom is -0.493 e. The van der Waals surface area contributed by atoms with E-state index in [4.69, 9.17) is 14.2 Å².